The Hall–Kier alpha value is -1.83. The van der Waals surface area contributed by atoms with Crippen LogP contribution in [0.4, 0.5) is 0 Å². The lowest BCUT2D eigenvalue weighted by molar-refractivity contribution is 0.0919. The monoisotopic (exact) mass is 287 g/mol. The van der Waals surface area contributed by atoms with E-state index in [0.717, 1.165) is 11.1 Å². The van der Waals surface area contributed by atoms with Gasteiger partial charge in [0.1, 0.15) is 0 Å². The van der Waals surface area contributed by atoms with Gasteiger partial charge >= 0.3 is 0 Å². The number of likely N-dealkylation sites (N-methyl/N-ethyl adjacent to an activating group) is 1. The summed E-state index contributed by atoms with van der Waals surface area (Å²) >= 11 is 0. The Morgan fingerprint density at radius 2 is 2.05 bits per heavy atom. The van der Waals surface area contributed by atoms with Crippen LogP contribution in [0.15, 0.2) is 18.2 Å². The van der Waals surface area contributed by atoms with Crippen LogP contribution in [0.5, 0.6) is 0 Å². The summed E-state index contributed by atoms with van der Waals surface area (Å²) in [7, 11) is 4.00. The molecule has 0 spiro atoms. The SMILES string of the molecule is Cc1ccc(C(=O)NCC(C)(C)N(C)C)cc1C#CCN. The minimum atomic E-state index is -0.0947. The van der Waals surface area contributed by atoms with Gasteiger partial charge in [0.2, 0.25) is 0 Å². The molecule has 0 fully saturated rings. The molecule has 0 aliphatic heterocycles. The first-order valence-corrected chi connectivity index (χ1v) is 7.03. The van der Waals surface area contributed by atoms with E-state index in [1.165, 1.54) is 0 Å². The Morgan fingerprint density at radius 1 is 1.38 bits per heavy atom. The van der Waals surface area contributed by atoms with Crippen LogP contribution in [0, 0.1) is 18.8 Å². The normalized spacial score (nSPS) is 11.0. The van der Waals surface area contributed by atoms with E-state index in [2.05, 4.69) is 35.9 Å². The summed E-state index contributed by atoms with van der Waals surface area (Å²) in [6.45, 7) is 7.03. The summed E-state index contributed by atoms with van der Waals surface area (Å²) in [5.41, 5.74) is 7.81. The van der Waals surface area contributed by atoms with Gasteiger partial charge in [-0.1, -0.05) is 17.9 Å². The third-order valence-electron chi connectivity index (χ3n) is 3.72. The second-order valence-corrected chi connectivity index (χ2v) is 5.93. The standard InChI is InChI=1S/C17H25N3O/c1-13-8-9-15(11-14(13)7-6-10-18)16(21)19-12-17(2,3)20(4)5/h8-9,11H,10,12,18H2,1-5H3,(H,19,21). The minimum absolute atomic E-state index is 0.0827. The predicted octanol–water partition coefficient (Wildman–Crippen LogP) is 1.38. The van der Waals surface area contributed by atoms with Crippen LogP contribution in [0.1, 0.15) is 35.3 Å². The Labute approximate surface area is 127 Å². The average Bonchev–Trinajstić information content (AvgIpc) is 2.43. The van der Waals surface area contributed by atoms with Gasteiger partial charge in [0.25, 0.3) is 5.91 Å². The number of hydrogen-bond donors (Lipinski definition) is 2. The third kappa shape index (κ3) is 4.89. The lowest BCUT2D eigenvalue weighted by Gasteiger charge is -2.32. The van der Waals surface area contributed by atoms with Gasteiger partial charge in [-0.15, -0.1) is 0 Å². The molecule has 1 aromatic carbocycles. The van der Waals surface area contributed by atoms with E-state index in [1.54, 1.807) is 0 Å². The molecular weight excluding hydrogens is 262 g/mol. The van der Waals surface area contributed by atoms with Gasteiger partial charge in [-0.2, -0.15) is 0 Å². The Bertz CT molecular complexity index is 565. The van der Waals surface area contributed by atoms with Crippen molar-refractivity contribution in [1.82, 2.24) is 10.2 Å². The van der Waals surface area contributed by atoms with Crippen molar-refractivity contribution < 1.29 is 4.79 Å². The van der Waals surface area contributed by atoms with Gasteiger partial charge in [-0.25, -0.2) is 0 Å². The molecule has 0 saturated heterocycles. The van der Waals surface area contributed by atoms with E-state index in [-0.39, 0.29) is 11.4 Å². The quantitative estimate of drug-likeness (QED) is 0.823. The van der Waals surface area contributed by atoms with Gasteiger partial charge in [0.15, 0.2) is 0 Å². The number of nitrogens with two attached hydrogens (primary N) is 1. The van der Waals surface area contributed by atoms with Crippen LogP contribution >= 0.6 is 0 Å². The molecular formula is C17H25N3O. The van der Waals surface area contributed by atoms with Gasteiger partial charge in [0, 0.05) is 23.2 Å². The smallest absolute Gasteiger partial charge is 0.251 e. The van der Waals surface area contributed by atoms with Crippen LogP contribution in [-0.4, -0.2) is 43.5 Å². The molecule has 0 saturated carbocycles. The zero-order valence-corrected chi connectivity index (χ0v) is 13.6. The fourth-order valence-corrected chi connectivity index (χ4v) is 1.60. The highest BCUT2D eigenvalue weighted by Gasteiger charge is 2.21. The topological polar surface area (TPSA) is 58.4 Å². The van der Waals surface area contributed by atoms with Crippen LogP contribution in [0.25, 0.3) is 0 Å². The summed E-state index contributed by atoms with van der Waals surface area (Å²) in [5.74, 6) is 5.73. The van der Waals surface area contributed by atoms with Crippen LogP contribution in [0.2, 0.25) is 0 Å². The molecule has 0 atom stereocenters. The van der Waals surface area contributed by atoms with Gasteiger partial charge in [0.05, 0.1) is 6.54 Å². The first-order valence-electron chi connectivity index (χ1n) is 7.03. The van der Waals surface area contributed by atoms with Crippen molar-refractivity contribution in [2.24, 2.45) is 5.73 Å². The molecule has 0 aliphatic rings. The van der Waals surface area contributed by atoms with Crippen molar-refractivity contribution in [2.45, 2.75) is 26.3 Å². The predicted molar refractivity (Wildman–Crippen MR) is 87.2 cm³/mol. The molecule has 4 nitrogen and oxygen atoms in total. The van der Waals surface area contributed by atoms with Gasteiger partial charge < -0.3 is 16.0 Å². The number of nitrogens with one attached hydrogen (secondary N) is 1. The maximum Gasteiger partial charge on any atom is 0.251 e. The fraction of sp³-hybridized carbons (Fsp3) is 0.471. The molecule has 0 aromatic heterocycles. The van der Waals surface area contributed by atoms with Crippen LogP contribution in [0.3, 0.4) is 0 Å². The lowest BCUT2D eigenvalue weighted by atomic mass is 10.0. The molecule has 0 bridgehead atoms. The molecule has 1 amide bonds. The largest absolute Gasteiger partial charge is 0.350 e. The molecule has 114 valence electrons. The Balaban J connectivity index is 2.84. The van der Waals surface area contributed by atoms with Gasteiger partial charge in [-0.05, 0) is 52.6 Å². The minimum Gasteiger partial charge on any atom is -0.350 e. The fourth-order valence-electron chi connectivity index (χ4n) is 1.60. The molecule has 1 rings (SSSR count). The number of hydrogen-bond acceptors (Lipinski definition) is 3. The second kappa shape index (κ2) is 7.26. The highest BCUT2D eigenvalue weighted by atomic mass is 16.1. The second-order valence-electron chi connectivity index (χ2n) is 5.93. The third-order valence-corrected chi connectivity index (χ3v) is 3.72. The molecule has 0 radical (unpaired) electrons. The average molecular weight is 287 g/mol. The van der Waals surface area contributed by atoms with Crippen molar-refractivity contribution in [2.75, 3.05) is 27.2 Å². The Kier molecular flexibility index (Phi) is 5.95. The number of carbonyl (C=O) groups is 1. The Morgan fingerprint density at radius 3 is 2.62 bits per heavy atom. The first-order chi connectivity index (χ1) is 9.77. The number of carbonyl (C=O) groups excluding carboxylic acids is 1. The van der Waals surface area contributed by atoms with E-state index in [4.69, 9.17) is 5.73 Å². The molecule has 3 N–H and O–H groups in total. The lowest BCUT2D eigenvalue weighted by Crippen LogP contribution is -2.48. The molecule has 0 unspecified atom stereocenters. The molecule has 0 heterocycles. The van der Waals surface area contributed by atoms with Crippen LogP contribution in [-0.2, 0) is 0 Å². The van der Waals surface area contributed by atoms with E-state index in [1.807, 2.05) is 39.2 Å². The van der Waals surface area contributed by atoms with Crippen molar-refractivity contribution in [3.8, 4) is 11.8 Å². The highest BCUT2D eigenvalue weighted by Crippen LogP contribution is 2.12. The number of benzene rings is 1. The number of rotatable bonds is 4. The summed E-state index contributed by atoms with van der Waals surface area (Å²) in [6.07, 6.45) is 0. The molecule has 21 heavy (non-hydrogen) atoms. The van der Waals surface area contributed by atoms with Crippen molar-refractivity contribution >= 4 is 5.91 Å². The molecule has 0 aliphatic carbocycles. The maximum absolute atomic E-state index is 12.2. The summed E-state index contributed by atoms with van der Waals surface area (Å²) < 4.78 is 0. The number of nitrogens with zero attached hydrogens (tertiary/aromatic N) is 1. The van der Waals surface area contributed by atoms with E-state index in [0.29, 0.717) is 18.7 Å². The number of amides is 1. The summed E-state index contributed by atoms with van der Waals surface area (Å²) in [6, 6.07) is 5.55. The van der Waals surface area contributed by atoms with Crippen molar-refractivity contribution in [3.63, 3.8) is 0 Å². The van der Waals surface area contributed by atoms with Gasteiger partial charge in [-0.3, -0.25) is 4.79 Å². The maximum atomic E-state index is 12.2. The highest BCUT2D eigenvalue weighted by molar-refractivity contribution is 5.94. The zero-order chi connectivity index (χ0) is 16.0. The summed E-state index contributed by atoms with van der Waals surface area (Å²) in [4.78, 5) is 14.3. The molecule has 4 heteroatoms. The summed E-state index contributed by atoms with van der Waals surface area (Å²) in [5, 5.41) is 2.97. The van der Waals surface area contributed by atoms with E-state index < -0.39 is 0 Å². The zero-order valence-electron chi connectivity index (χ0n) is 13.6. The van der Waals surface area contributed by atoms with E-state index in [9.17, 15) is 4.79 Å². The van der Waals surface area contributed by atoms with Crippen molar-refractivity contribution in [1.29, 1.82) is 0 Å². The number of aryl methyl sites for hydroxylation is 1. The van der Waals surface area contributed by atoms with Crippen molar-refractivity contribution in [3.05, 3.63) is 34.9 Å². The first kappa shape index (κ1) is 17.2. The van der Waals surface area contributed by atoms with E-state index >= 15 is 0 Å². The molecule has 1 aromatic rings. The van der Waals surface area contributed by atoms with Crippen LogP contribution < -0.4 is 11.1 Å².